The Morgan fingerprint density at radius 2 is 1.13 bits per heavy atom. The first-order valence-corrected chi connectivity index (χ1v) is 10.4. The van der Waals surface area contributed by atoms with Crippen molar-refractivity contribution in [3.8, 4) is 23.7 Å². The van der Waals surface area contributed by atoms with Gasteiger partial charge in [-0.2, -0.15) is 0 Å². The van der Waals surface area contributed by atoms with Crippen LogP contribution in [0.4, 0.5) is 13.2 Å². The topological polar surface area (TPSA) is 0 Å². The van der Waals surface area contributed by atoms with Crippen molar-refractivity contribution in [3.63, 3.8) is 0 Å². The number of hydrogen-bond acceptors (Lipinski definition) is 0. The van der Waals surface area contributed by atoms with Crippen molar-refractivity contribution < 1.29 is 13.2 Å². The molecule has 156 valence electrons. The van der Waals surface area contributed by atoms with Crippen LogP contribution in [0.25, 0.3) is 0 Å². The van der Waals surface area contributed by atoms with Gasteiger partial charge in [0.25, 0.3) is 0 Å². The maximum Gasteiger partial charge on any atom is 0.143 e. The highest BCUT2D eigenvalue weighted by atomic mass is 19.1. The second kappa shape index (κ2) is 10.6. The Morgan fingerprint density at radius 1 is 0.581 bits per heavy atom. The third kappa shape index (κ3) is 6.03. The minimum absolute atomic E-state index is 0.230. The average molecular weight is 416 g/mol. The molecule has 3 aromatic rings. The Hall–Kier alpha value is -3.43. The maximum atomic E-state index is 14.4. The largest absolute Gasteiger partial charge is 0.207 e. The Morgan fingerprint density at radius 3 is 1.74 bits per heavy atom. The van der Waals surface area contributed by atoms with E-state index in [9.17, 15) is 13.2 Å². The second-order valence-electron chi connectivity index (χ2n) is 7.32. The van der Waals surface area contributed by atoms with Crippen LogP contribution < -0.4 is 0 Å². The lowest BCUT2D eigenvalue weighted by molar-refractivity contribution is 0.577. The molecular weight excluding hydrogens is 393 g/mol. The van der Waals surface area contributed by atoms with Crippen LogP contribution in [-0.4, -0.2) is 0 Å². The molecule has 0 spiro atoms. The third-order valence-corrected chi connectivity index (χ3v) is 4.79. The number of rotatable bonds is 4. The molecule has 0 saturated heterocycles. The molecule has 0 N–H and O–H groups in total. The molecule has 3 rings (SSSR count). The third-order valence-electron chi connectivity index (χ3n) is 4.79. The Labute approximate surface area is 182 Å². The van der Waals surface area contributed by atoms with Gasteiger partial charge in [0.2, 0.25) is 0 Å². The van der Waals surface area contributed by atoms with Gasteiger partial charge in [0.05, 0.1) is 5.56 Å². The van der Waals surface area contributed by atoms with E-state index in [1.807, 2.05) is 31.2 Å². The lowest BCUT2D eigenvalue weighted by Gasteiger charge is -2.01. The van der Waals surface area contributed by atoms with E-state index in [-0.39, 0.29) is 16.9 Å². The molecule has 0 bridgehead atoms. The first kappa shape index (κ1) is 22.3. The maximum absolute atomic E-state index is 14.4. The summed E-state index contributed by atoms with van der Waals surface area (Å²) in [5.74, 6) is 8.89. The van der Waals surface area contributed by atoms with Gasteiger partial charge in [-0.15, -0.1) is 0 Å². The van der Waals surface area contributed by atoms with Crippen LogP contribution in [0, 0.1) is 41.1 Å². The smallest absolute Gasteiger partial charge is 0.143 e. The summed E-state index contributed by atoms with van der Waals surface area (Å²) >= 11 is 0. The molecule has 0 amide bonds. The molecule has 0 aliphatic rings. The molecule has 0 nitrogen and oxygen atoms in total. The number of aryl methyl sites for hydroxylation is 2. The summed E-state index contributed by atoms with van der Waals surface area (Å²) in [6.45, 7) is 4.09. The van der Waals surface area contributed by atoms with Gasteiger partial charge in [-0.05, 0) is 60.4 Å². The molecule has 3 aromatic carbocycles. The van der Waals surface area contributed by atoms with E-state index >= 15 is 0 Å². The molecule has 0 aliphatic heterocycles. The van der Waals surface area contributed by atoms with Crippen LogP contribution in [0.1, 0.15) is 60.1 Å². The van der Waals surface area contributed by atoms with Crippen molar-refractivity contribution >= 4 is 0 Å². The van der Waals surface area contributed by atoms with Gasteiger partial charge in [-0.25, -0.2) is 13.2 Å². The first-order valence-electron chi connectivity index (χ1n) is 10.4. The van der Waals surface area contributed by atoms with E-state index in [0.717, 1.165) is 37.0 Å². The summed E-state index contributed by atoms with van der Waals surface area (Å²) in [5.41, 5.74) is 2.85. The van der Waals surface area contributed by atoms with E-state index in [1.165, 1.54) is 11.6 Å². The zero-order valence-corrected chi connectivity index (χ0v) is 17.7. The molecule has 0 heterocycles. The molecule has 0 atom stereocenters. The molecule has 0 aliphatic carbocycles. The Kier molecular flexibility index (Phi) is 7.58. The van der Waals surface area contributed by atoms with Gasteiger partial charge in [0, 0.05) is 16.7 Å². The zero-order valence-electron chi connectivity index (χ0n) is 17.7. The van der Waals surface area contributed by atoms with Gasteiger partial charge in [0.1, 0.15) is 17.5 Å². The molecule has 0 unspecified atom stereocenters. The van der Waals surface area contributed by atoms with Crippen LogP contribution >= 0.6 is 0 Å². The van der Waals surface area contributed by atoms with Crippen molar-refractivity contribution in [2.45, 2.75) is 39.5 Å². The monoisotopic (exact) mass is 416 g/mol. The molecule has 3 heteroatoms. The van der Waals surface area contributed by atoms with Crippen LogP contribution in [0.3, 0.4) is 0 Å². The first-order chi connectivity index (χ1) is 15.0. The fraction of sp³-hybridized carbons (Fsp3) is 0.214. The highest BCUT2D eigenvalue weighted by Crippen LogP contribution is 2.16. The number of halogens is 3. The Balaban J connectivity index is 1.80. The van der Waals surface area contributed by atoms with Crippen LogP contribution in [0.15, 0.2) is 54.6 Å². The van der Waals surface area contributed by atoms with E-state index in [0.29, 0.717) is 17.5 Å². The summed E-state index contributed by atoms with van der Waals surface area (Å²) in [6.07, 6.45) is 3.53. The highest BCUT2D eigenvalue weighted by molar-refractivity contribution is 5.49. The molecule has 0 saturated carbocycles. The van der Waals surface area contributed by atoms with E-state index in [2.05, 4.69) is 30.6 Å². The minimum Gasteiger partial charge on any atom is -0.207 e. The lowest BCUT2D eigenvalue weighted by atomic mass is 10.1. The van der Waals surface area contributed by atoms with Crippen LogP contribution in [0.2, 0.25) is 0 Å². The predicted octanol–water partition coefficient (Wildman–Crippen LogP) is 6.81. The SMILES string of the molecule is CCCc1ccc(C#Cc2cc(F)c(C#Cc3ccc(CCC)c(F)c3)c(F)c2)cc1. The summed E-state index contributed by atoms with van der Waals surface area (Å²) in [6, 6.07) is 14.7. The standard InChI is InChI=1S/C28H23F3/c1-3-5-20-7-9-21(10-8-20)11-12-23-18-27(30)25(28(31)19-23)16-14-22-13-15-24(6-4-2)26(29)17-22/h7-10,13,15,17-19H,3-6H2,1-2H3. The predicted molar refractivity (Wildman–Crippen MR) is 119 cm³/mol. The van der Waals surface area contributed by atoms with Gasteiger partial charge in [0.15, 0.2) is 0 Å². The zero-order chi connectivity index (χ0) is 22.2. The molecule has 0 aromatic heterocycles. The second-order valence-corrected chi connectivity index (χ2v) is 7.32. The van der Waals surface area contributed by atoms with Crippen molar-refractivity contribution in [1.82, 2.24) is 0 Å². The van der Waals surface area contributed by atoms with Crippen molar-refractivity contribution in [3.05, 3.63) is 105 Å². The Bertz CT molecular complexity index is 1160. The molecule has 0 fully saturated rings. The summed E-state index contributed by atoms with van der Waals surface area (Å²) in [4.78, 5) is 0. The number of benzene rings is 3. The van der Waals surface area contributed by atoms with Gasteiger partial charge < -0.3 is 0 Å². The molecule has 0 radical (unpaired) electrons. The normalized spacial score (nSPS) is 10.1. The van der Waals surface area contributed by atoms with E-state index in [4.69, 9.17) is 0 Å². The summed E-state index contributed by atoms with van der Waals surface area (Å²) in [5, 5.41) is 0. The van der Waals surface area contributed by atoms with Gasteiger partial charge in [-0.1, -0.05) is 68.6 Å². The summed E-state index contributed by atoms with van der Waals surface area (Å²) < 4.78 is 42.9. The number of hydrogen-bond donors (Lipinski definition) is 0. The molecule has 31 heavy (non-hydrogen) atoms. The van der Waals surface area contributed by atoms with Crippen molar-refractivity contribution in [2.75, 3.05) is 0 Å². The van der Waals surface area contributed by atoms with Crippen molar-refractivity contribution in [2.24, 2.45) is 0 Å². The minimum atomic E-state index is -0.793. The fourth-order valence-electron chi connectivity index (χ4n) is 3.18. The summed E-state index contributed by atoms with van der Waals surface area (Å²) in [7, 11) is 0. The lowest BCUT2D eigenvalue weighted by Crippen LogP contribution is -1.93. The van der Waals surface area contributed by atoms with Crippen molar-refractivity contribution in [1.29, 1.82) is 0 Å². The van der Waals surface area contributed by atoms with E-state index < -0.39 is 11.6 Å². The van der Waals surface area contributed by atoms with Crippen LogP contribution in [0.5, 0.6) is 0 Å². The fourth-order valence-corrected chi connectivity index (χ4v) is 3.18. The average Bonchev–Trinajstić information content (AvgIpc) is 2.75. The quantitative estimate of drug-likeness (QED) is 0.410. The van der Waals surface area contributed by atoms with Gasteiger partial charge in [-0.3, -0.25) is 0 Å². The van der Waals surface area contributed by atoms with Crippen LogP contribution in [-0.2, 0) is 12.8 Å². The molecular formula is C28H23F3. The highest BCUT2D eigenvalue weighted by Gasteiger charge is 2.09. The van der Waals surface area contributed by atoms with E-state index in [1.54, 1.807) is 12.1 Å². The van der Waals surface area contributed by atoms with Gasteiger partial charge >= 0.3 is 0 Å².